The van der Waals surface area contributed by atoms with E-state index in [-0.39, 0.29) is 0 Å². The molecule has 5 heteroatoms. The van der Waals surface area contributed by atoms with Crippen LogP contribution < -0.4 is 18.8 Å². The van der Waals surface area contributed by atoms with Gasteiger partial charge in [0.2, 0.25) is 0 Å². The summed E-state index contributed by atoms with van der Waals surface area (Å²) >= 11 is 0. The fourth-order valence-corrected chi connectivity index (χ4v) is 5.22. The maximum absolute atomic E-state index is 5.92. The summed E-state index contributed by atoms with van der Waals surface area (Å²) in [7, 11) is 1.37. The van der Waals surface area contributed by atoms with Crippen molar-refractivity contribution in [1.29, 1.82) is 0 Å². The normalized spacial score (nSPS) is 10.8. The Bertz CT molecular complexity index is 1210. The molecule has 0 saturated carbocycles. The SMILES string of the molecule is CCCCCCCCOc1ccc(-c2ccc(O[B]Oc3ccc(-c4ccc(OCCCCCCCC)cc4)cc3)cc2)cc1. The second-order valence-corrected chi connectivity index (χ2v) is 11.7. The van der Waals surface area contributed by atoms with E-state index in [2.05, 4.69) is 62.4 Å². The number of benzene rings is 4. The molecule has 0 bridgehead atoms. The summed E-state index contributed by atoms with van der Waals surface area (Å²) in [5.74, 6) is 3.28. The molecule has 4 aromatic carbocycles. The monoisotopic (exact) mass is 605 g/mol. The highest BCUT2D eigenvalue weighted by Crippen LogP contribution is 2.27. The second-order valence-electron chi connectivity index (χ2n) is 11.7. The summed E-state index contributed by atoms with van der Waals surface area (Å²) in [6.07, 6.45) is 15.2. The third-order valence-corrected chi connectivity index (χ3v) is 7.99. The van der Waals surface area contributed by atoms with Crippen LogP contribution in [0.1, 0.15) is 90.9 Å². The Morgan fingerprint density at radius 3 is 0.978 bits per heavy atom. The first-order valence-electron chi connectivity index (χ1n) is 17.1. The zero-order valence-electron chi connectivity index (χ0n) is 27.3. The van der Waals surface area contributed by atoms with Gasteiger partial charge in [0.25, 0.3) is 0 Å². The van der Waals surface area contributed by atoms with Gasteiger partial charge in [-0.3, -0.25) is 0 Å². The second kappa shape index (κ2) is 20.2. The highest BCUT2D eigenvalue weighted by Gasteiger charge is 2.05. The standard InChI is InChI=1S/C40H50BO4/c1-3-5-7-9-11-13-31-42-37-23-15-33(16-24-37)35-19-27-39(28-20-35)44-41-45-40-29-21-36(22-30-40)34-17-25-38(26-18-34)43-32-14-12-10-8-6-4-2/h15-30H,3-14,31-32H2,1-2H3. The van der Waals surface area contributed by atoms with E-state index in [0.717, 1.165) is 59.8 Å². The Morgan fingerprint density at radius 1 is 0.356 bits per heavy atom. The van der Waals surface area contributed by atoms with E-state index in [1.165, 1.54) is 71.9 Å². The van der Waals surface area contributed by atoms with Crippen molar-refractivity contribution in [3.63, 3.8) is 0 Å². The average Bonchev–Trinajstić information content (AvgIpc) is 3.09. The van der Waals surface area contributed by atoms with E-state index < -0.39 is 0 Å². The van der Waals surface area contributed by atoms with Crippen LogP contribution in [0.2, 0.25) is 0 Å². The Morgan fingerprint density at radius 2 is 0.644 bits per heavy atom. The number of unbranched alkanes of at least 4 members (excludes halogenated alkanes) is 10. The molecule has 0 aliphatic rings. The molecule has 0 aliphatic carbocycles. The number of ether oxygens (including phenoxy) is 2. The Labute approximate surface area is 272 Å². The van der Waals surface area contributed by atoms with E-state index in [1.54, 1.807) is 0 Å². The molecule has 0 unspecified atom stereocenters. The highest BCUT2D eigenvalue weighted by molar-refractivity contribution is 6.20. The van der Waals surface area contributed by atoms with Crippen molar-refractivity contribution in [2.24, 2.45) is 0 Å². The van der Waals surface area contributed by atoms with Gasteiger partial charge in [0, 0.05) is 0 Å². The first kappa shape index (κ1) is 34.0. The fraction of sp³-hybridized carbons (Fsp3) is 0.400. The van der Waals surface area contributed by atoms with Crippen molar-refractivity contribution in [2.75, 3.05) is 13.2 Å². The van der Waals surface area contributed by atoms with Gasteiger partial charge < -0.3 is 18.8 Å². The van der Waals surface area contributed by atoms with E-state index in [1.807, 2.05) is 48.5 Å². The van der Waals surface area contributed by atoms with E-state index in [9.17, 15) is 0 Å². The van der Waals surface area contributed by atoms with Crippen molar-refractivity contribution in [1.82, 2.24) is 0 Å². The Balaban J connectivity index is 1.14. The maximum atomic E-state index is 5.92. The van der Waals surface area contributed by atoms with Gasteiger partial charge in [-0.1, -0.05) is 127 Å². The van der Waals surface area contributed by atoms with Crippen molar-refractivity contribution < 1.29 is 18.8 Å². The van der Waals surface area contributed by atoms with Crippen LogP contribution in [0, 0.1) is 0 Å². The molecule has 4 aromatic rings. The van der Waals surface area contributed by atoms with Gasteiger partial charge in [-0.05, 0) is 83.6 Å². The number of hydrogen-bond donors (Lipinski definition) is 0. The van der Waals surface area contributed by atoms with Crippen molar-refractivity contribution in [2.45, 2.75) is 90.9 Å². The number of hydrogen-bond acceptors (Lipinski definition) is 4. The van der Waals surface area contributed by atoms with Crippen LogP contribution in [0.4, 0.5) is 0 Å². The Hall–Kier alpha value is -3.86. The molecule has 0 amide bonds. The molecule has 0 N–H and O–H groups in total. The molecule has 0 aliphatic heterocycles. The van der Waals surface area contributed by atoms with Crippen LogP contribution in [-0.4, -0.2) is 20.9 Å². The summed E-state index contributed by atoms with van der Waals surface area (Å²) in [4.78, 5) is 0. The Kier molecular flexibility index (Phi) is 15.3. The zero-order valence-corrected chi connectivity index (χ0v) is 27.3. The predicted molar refractivity (Wildman–Crippen MR) is 189 cm³/mol. The highest BCUT2D eigenvalue weighted by atomic mass is 16.6. The third-order valence-electron chi connectivity index (χ3n) is 7.99. The van der Waals surface area contributed by atoms with Crippen LogP contribution in [0.3, 0.4) is 0 Å². The average molecular weight is 606 g/mol. The van der Waals surface area contributed by atoms with Gasteiger partial charge in [0.1, 0.15) is 23.0 Å². The predicted octanol–water partition coefficient (Wildman–Crippen LogP) is 11.5. The lowest BCUT2D eigenvalue weighted by Gasteiger charge is -2.10. The van der Waals surface area contributed by atoms with E-state index in [0.29, 0.717) is 11.5 Å². The van der Waals surface area contributed by atoms with Crippen molar-refractivity contribution >= 4 is 7.69 Å². The van der Waals surface area contributed by atoms with Gasteiger partial charge in [0.15, 0.2) is 0 Å². The summed E-state index contributed by atoms with van der Waals surface area (Å²) < 4.78 is 23.3. The molecule has 0 aromatic heterocycles. The van der Waals surface area contributed by atoms with Crippen LogP contribution in [0.5, 0.6) is 23.0 Å². The van der Waals surface area contributed by atoms with Crippen LogP contribution in [-0.2, 0) is 0 Å². The lowest BCUT2D eigenvalue weighted by Crippen LogP contribution is -2.10. The first-order valence-corrected chi connectivity index (χ1v) is 17.1. The van der Waals surface area contributed by atoms with Gasteiger partial charge in [-0.15, -0.1) is 0 Å². The van der Waals surface area contributed by atoms with Gasteiger partial charge in [-0.2, -0.15) is 0 Å². The molecule has 0 saturated heterocycles. The smallest absolute Gasteiger partial charge is 0.526 e. The molecule has 45 heavy (non-hydrogen) atoms. The van der Waals surface area contributed by atoms with Crippen molar-refractivity contribution in [3.8, 4) is 45.3 Å². The minimum atomic E-state index is 0.716. The summed E-state index contributed by atoms with van der Waals surface area (Å²) in [5.41, 5.74) is 4.53. The minimum absolute atomic E-state index is 0.716. The molecule has 0 atom stereocenters. The molecule has 1 radical (unpaired) electrons. The largest absolute Gasteiger partial charge is 0.658 e. The fourth-order valence-electron chi connectivity index (χ4n) is 5.22. The van der Waals surface area contributed by atoms with E-state index >= 15 is 0 Å². The molecule has 4 rings (SSSR count). The van der Waals surface area contributed by atoms with Gasteiger partial charge in [-0.25, -0.2) is 0 Å². The lowest BCUT2D eigenvalue weighted by atomic mass is 10.1. The summed E-state index contributed by atoms with van der Waals surface area (Å²) in [6, 6.07) is 32.6. The molecular formula is C40H50BO4. The molecule has 237 valence electrons. The summed E-state index contributed by atoms with van der Waals surface area (Å²) in [5, 5.41) is 0. The number of rotatable bonds is 22. The van der Waals surface area contributed by atoms with Crippen molar-refractivity contribution in [3.05, 3.63) is 97.1 Å². The molecular weight excluding hydrogens is 555 g/mol. The zero-order chi connectivity index (χ0) is 31.4. The molecule has 4 nitrogen and oxygen atoms in total. The lowest BCUT2D eigenvalue weighted by molar-refractivity contribution is 0.304. The van der Waals surface area contributed by atoms with Gasteiger partial charge >= 0.3 is 7.69 Å². The first-order chi connectivity index (χ1) is 22.2. The molecule has 0 spiro atoms. The maximum Gasteiger partial charge on any atom is 0.658 e. The quantitative estimate of drug-likeness (QED) is 0.0660. The topological polar surface area (TPSA) is 36.9 Å². The van der Waals surface area contributed by atoms with Crippen LogP contribution in [0.15, 0.2) is 97.1 Å². The van der Waals surface area contributed by atoms with E-state index in [4.69, 9.17) is 18.8 Å². The summed E-state index contributed by atoms with van der Waals surface area (Å²) in [6.45, 7) is 6.06. The van der Waals surface area contributed by atoms with Gasteiger partial charge in [0.05, 0.1) is 13.2 Å². The van der Waals surface area contributed by atoms with Crippen LogP contribution in [0.25, 0.3) is 22.3 Å². The molecule has 0 heterocycles. The third kappa shape index (κ3) is 12.6. The molecule has 0 fully saturated rings. The minimum Gasteiger partial charge on any atom is -0.526 e. The van der Waals surface area contributed by atoms with Crippen LogP contribution >= 0.6 is 0 Å².